The van der Waals surface area contributed by atoms with Crippen LogP contribution in [0.4, 0.5) is 5.69 Å². The summed E-state index contributed by atoms with van der Waals surface area (Å²) in [6.45, 7) is 9.88. The van der Waals surface area contributed by atoms with Crippen LogP contribution in [0.25, 0.3) is 0 Å². The largest absolute Gasteiger partial charge is 0.385 e. The van der Waals surface area contributed by atoms with Crippen molar-refractivity contribution in [2.75, 3.05) is 11.9 Å². The fraction of sp³-hybridized carbons (Fsp3) is 0.571. The fourth-order valence-corrected chi connectivity index (χ4v) is 2.31. The van der Waals surface area contributed by atoms with E-state index in [0.717, 1.165) is 13.0 Å². The van der Waals surface area contributed by atoms with E-state index in [2.05, 4.69) is 56.5 Å². The summed E-state index contributed by atoms with van der Waals surface area (Å²) in [4.78, 5) is 0. The van der Waals surface area contributed by atoms with Crippen molar-refractivity contribution in [1.29, 1.82) is 0 Å². The molecular weight excluding hydrogens is 196 g/mol. The summed E-state index contributed by atoms with van der Waals surface area (Å²) in [6, 6.07) is 7.17. The van der Waals surface area contributed by atoms with Crippen LogP contribution in [0, 0.1) is 6.92 Å². The molecule has 1 atom stereocenters. The molecule has 0 saturated heterocycles. The van der Waals surface area contributed by atoms with Crippen molar-refractivity contribution in [1.82, 2.24) is 5.32 Å². The van der Waals surface area contributed by atoms with Gasteiger partial charge in [0.05, 0.1) is 0 Å². The zero-order valence-corrected chi connectivity index (χ0v) is 10.7. The van der Waals surface area contributed by atoms with Gasteiger partial charge in [0, 0.05) is 23.8 Å². The molecule has 0 amide bonds. The average Bonchev–Trinajstić information content (AvgIpc) is 2.15. The molecule has 0 radical (unpaired) electrons. The Morgan fingerprint density at radius 1 is 1.31 bits per heavy atom. The van der Waals surface area contributed by atoms with E-state index in [1.807, 2.05) is 0 Å². The van der Waals surface area contributed by atoms with E-state index in [4.69, 9.17) is 0 Å². The van der Waals surface area contributed by atoms with E-state index in [1.165, 1.54) is 16.8 Å². The summed E-state index contributed by atoms with van der Waals surface area (Å²) in [6.07, 6.45) is 1.16. The first kappa shape index (κ1) is 11.5. The molecular formula is C14H22N2. The van der Waals surface area contributed by atoms with Gasteiger partial charge in [-0.2, -0.15) is 0 Å². The van der Waals surface area contributed by atoms with Crippen LogP contribution in [0.15, 0.2) is 18.2 Å². The summed E-state index contributed by atoms with van der Waals surface area (Å²) in [5.41, 5.74) is 4.20. The Kier molecular flexibility index (Phi) is 2.94. The quantitative estimate of drug-likeness (QED) is 0.756. The molecule has 0 saturated carbocycles. The van der Waals surface area contributed by atoms with Gasteiger partial charge >= 0.3 is 0 Å². The van der Waals surface area contributed by atoms with Crippen molar-refractivity contribution >= 4 is 5.69 Å². The van der Waals surface area contributed by atoms with Crippen LogP contribution in [0.3, 0.4) is 0 Å². The summed E-state index contributed by atoms with van der Waals surface area (Å²) in [7, 11) is 0. The van der Waals surface area contributed by atoms with Crippen molar-refractivity contribution in [3.8, 4) is 0 Å². The molecule has 0 fully saturated rings. The maximum absolute atomic E-state index is 3.69. The lowest BCUT2D eigenvalue weighted by Crippen LogP contribution is -2.41. The molecule has 0 bridgehead atoms. The Morgan fingerprint density at radius 2 is 2.06 bits per heavy atom. The average molecular weight is 218 g/mol. The topological polar surface area (TPSA) is 24.1 Å². The number of hydrogen-bond acceptors (Lipinski definition) is 2. The second kappa shape index (κ2) is 4.10. The molecule has 1 aliphatic rings. The predicted octanol–water partition coefficient (Wildman–Crippen LogP) is 3.24. The van der Waals surface area contributed by atoms with Crippen LogP contribution in [0.2, 0.25) is 0 Å². The number of nitrogens with one attached hydrogen (secondary N) is 2. The van der Waals surface area contributed by atoms with E-state index >= 15 is 0 Å². The van der Waals surface area contributed by atoms with Gasteiger partial charge in [0.2, 0.25) is 0 Å². The number of rotatable bonds is 1. The summed E-state index contributed by atoms with van der Waals surface area (Å²) >= 11 is 0. The van der Waals surface area contributed by atoms with Gasteiger partial charge in [0.1, 0.15) is 0 Å². The molecule has 1 unspecified atom stereocenters. The minimum absolute atomic E-state index is 0.171. The van der Waals surface area contributed by atoms with Gasteiger partial charge in [0.25, 0.3) is 0 Å². The third-order valence-corrected chi connectivity index (χ3v) is 2.94. The molecule has 2 N–H and O–H groups in total. The van der Waals surface area contributed by atoms with Gasteiger partial charge in [-0.25, -0.2) is 0 Å². The van der Waals surface area contributed by atoms with Crippen molar-refractivity contribution in [2.24, 2.45) is 0 Å². The molecule has 0 aromatic heterocycles. The normalized spacial score (nSPS) is 20.1. The highest BCUT2D eigenvalue weighted by atomic mass is 15.0. The van der Waals surface area contributed by atoms with Crippen LogP contribution in [-0.4, -0.2) is 12.1 Å². The highest BCUT2D eigenvalue weighted by molar-refractivity contribution is 5.56. The SMILES string of the molecule is Cc1ccc2c(c1)NCCC2NC(C)(C)C. The maximum Gasteiger partial charge on any atom is 0.0391 e. The van der Waals surface area contributed by atoms with Crippen LogP contribution < -0.4 is 10.6 Å². The van der Waals surface area contributed by atoms with Gasteiger partial charge < -0.3 is 10.6 Å². The van der Waals surface area contributed by atoms with E-state index in [-0.39, 0.29) is 5.54 Å². The first-order valence-electron chi connectivity index (χ1n) is 6.08. The summed E-state index contributed by atoms with van der Waals surface area (Å²) in [5.74, 6) is 0. The van der Waals surface area contributed by atoms with Crippen LogP contribution in [0.1, 0.15) is 44.4 Å². The number of anilines is 1. The van der Waals surface area contributed by atoms with Gasteiger partial charge in [0.15, 0.2) is 0 Å². The molecule has 1 heterocycles. The first-order chi connectivity index (χ1) is 7.46. The van der Waals surface area contributed by atoms with Crippen molar-refractivity contribution < 1.29 is 0 Å². The number of fused-ring (bicyclic) bond motifs is 1. The van der Waals surface area contributed by atoms with Gasteiger partial charge in [-0.15, -0.1) is 0 Å². The molecule has 2 rings (SSSR count). The van der Waals surface area contributed by atoms with Gasteiger partial charge in [-0.05, 0) is 51.3 Å². The Labute approximate surface area is 98.4 Å². The molecule has 1 aromatic carbocycles. The monoisotopic (exact) mass is 218 g/mol. The Bertz CT molecular complexity index is 377. The lowest BCUT2D eigenvalue weighted by atomic mass is 9.94. The molecule has 2 heteroatoms. The molecule has 0 spiro atoms. The van der Waals surface area contributed by atoms with E-state index in [1.54, 1.807) is 0 Å². The van der Waals surface area contributed by atoms with Crippen molar-refractivity contribution in [3.63, 3.8) is 0 Å². The predicted molar refractivity (Wildman–Crippen MR) is 69.9 cm³/mol. The second-order valence-corrected chi connectivity index (χ2v) is 5.75. The minimum Gasteiger partial charge on any atom is -0.385 e. The van der Waals surface area contributed by atoms with Crippen molar-refractivity contribution in [2.45, 2.75) is 45.7 Å². The maximum atomic E-state index is 3.69. The smallest absolute Gasteiger partial charge is 0.0391 e. The standard InChI is InChI=1S/C14H22N2/c1-10-5-6-11-12(16-14(2,3)4)7-8-15-13(11)9-10/h5-6,9,12,15-16H,7-8H2,1-4H3. The van der Waals surface area contributed by atoms with E-state index in [0.29, 0.717) is 6.04 Å². The highest BCUT2D eigenvalue weighted by Gasteiger charge is 2.23. The second-order valence-electron chi connectivity index (χ2n) is 5.75. The highest BCUT2D eigenvalue weighted by Crippen LogP contribution is 2.31. The van der Waals surface area contributed by atoms with Crippen LogP contribution >= 0.6 is 0 Å². The van der Waals surface area contributed by atoms with Crippen LogP contribution in [0.5, 0.6) is 0 Å². The number of benzene rings is 1. The van der Waals surface area contributed by atoms with Gasteiger partial charge in [-0.3, -0.25) is 0 Å². The minimum atomic E-state index is 0.171. The van der Waals surface area contributed by atoms with Crippen LogP contribution in [-0.2, 0) is 0 Å². The van der Waals surface area contributed by atoms with Gasteiger partial charge in [-0.1, -0.05) is 12.1 Å². The number of hydrogen-bond donors (Lipinski definition) is 2. The molecule has 88 valence electrons. The third kappa shape index (κ3) is 2.56. The Morgan fingerprint density at radius 3 is 2.75 bits per heavy atom. The fourth-order valence-electron chi connectivity index (χ4n) is 2.31. The molecule has 1 aliphatic heterocycles. The first-order valence-corrected chi connectivity index (χ1v) is 6.08. The molecule has 16 heavy (non-hydrogen) atoms. The van der Waals surface area contributed by atoms with E-state index in [9.17, 15) is 0 Å². The molecule has 1 aromatic rings. The zero-order valence-electron chi connectivity index (χ0n) is 10.7. The summed E-state index contributed by atoms with van der Waals surface area (Å²) in [5, 5.41) is 7.17. The lowest BCUT2D eigenvalue weighted by Gasteiger charge is -2.33. The molecule has 0 aliphatic carbocycles. The zero-order chi connectivity index (χ0) is 11.8. The third-order valence-electron chi connectivity index (χ3n) is 2.94. The summed E-state index contributed by atoms with van der Waals surface area (Å²) < 4.78 is 0. The Balaban J connectivity index is 2.26. The molecule has 2 nitrogen and oxygen atoms in total. The number of aryl methyl sites for hydroxylation is 1. The van der Waals surface area contributed by atoms with Crippen molar-refractivity contribution in [3.05, 3.63) is 29.3 Å². The lowest BCUT2D eigenvalue weighted by molar-refractivity contribution is 0.351. The van der Waals surface area contributed by atoms with E-state index < -0.39 is 0 Å². The Hall–Kier alpha value is -1.02.